The molecule has 0 aromatic heterocycles. The van der Waals surface area contributed by atoms with Crippen molar-refractivity contribution in [3.8, 4) is 11.5 Å². The van der Waals surface area contributed by atoms with Gasteiger partial charge in [-0.3, -0.25) is 14.9 Å². The summed E-state index contributed by atoms with van der Waals surface area (Å²) in [5.41, 5.74) is 0.344. The van der Waals surface area contributed by atoms with E-state index in [1.165, 1.54) is 43.5 Å². The second-order valence-electron chi connectivity index (χ2n) is 5.37. The van der Waals surface area contributed by atoms with Gasteiger partial charge < -0.3 is 14.8 Å². The third-order valence-electron chi connectivity index (χ3n) is 3.42. The molecule has 2 aromatic rings. The highest BCUT2D eigenvalue weighted by Crippen LogP contribution is 2.24. The molecule has 0 aliphatic carbocycles. The Labute approximate surface area is 151 Å². The van der Waals surface area contributed by atoms with Crippen molar-refractivity contribution in [2.24, 2.45) is 0 Å². The summed E-state index contributed by atoms with van der Waals surface area (Å²) in [5.74, 6) is -0.371. The highest BCUT2D eigenvalue weighted by atomic mass is 19.4. The number of nitro benzene ring substituents is 1. The molecule has 0 unspecified atom stereocenters. The fourth-order valence-corrected chi connectivity index (χ4v) is 2.13. The Morgan fingerprint density at radius 3 is 2.41 bits per heavy atom. The van der Waals surface area contributed by atoms with E-state index >= 15 is 0 Å². The predicted octanol–water partition coefficient (Wildman–Crippen LogP) is 3.47. The number of nitrogens with one attached hydrogen (secondary N) is 1. The van der Waals surface area contributed by atoms with Crippen LogP contribution in [0.1, 0.15) is 15.9 Å². The van der Waals surface area contributed by atoms with Crippen LogP contribution in [0.15, 0.2) is 42.5 Å². The lowest BCUT2D eigenvalue weighted by atomic mass is 10.1. The van der Waals surface area contributed by atoms with Gasteiger partial charge in [-0.15, -0.1) is 0 Å². The molecule has 0 aliphatic heterocycles. The molecule has 0 radical (unpaired) electrons. The molecule has 0 spiro atoms. The van der Waals surface area contributed by atoms with E-state index in [1.807, 2.05) is 0 Å². The van der Waals surface area contributed by atoms with E-state index in [0.717, 1.165) is 6.07 Å². The molecule has 0 atom stereocenters. The molecular formula is C17H15F3N2O5. The number of hydrogen-bond acceptors (Lipinski definition) is 5. The van der Waals surface area contributed by atoms with Gasteiger partial charge in [0.2, 0.25) is 0 Å². The van der Waals surface area contributed by atoms with Gasteiger partial charge in [0.25, 0.3) is 11.6 Å². The molecular weight excluding hydrogens is 369 g/mol. The number of nitro groups is 1. The molecule has 2 rings (SSSR count). The number of hydrogen-bond donors (Lipinski definition) is 1. The largest absolute Gasteiger partial charge is 0.496 e. The normalized spacial score (nSPS) is 11.0. The first kappa shape index (κ1) is 20.0. The van der Waals surface area contributed by atoms with Crippen LogP contribution in [0.2, 0.25) is 0 Å². The van der Waals surface area contributed by atoms with E-state index < -0.39 is 23.6 Å². The first-order valence-electron chi connectivity index (χ1n) is 7.59. The number of rotatable bonds is 7. The van der Waals surface area contributed by atoms with E-state index in [2.05, 4.69) is 10.1 Å². The smallest absolute Gasteiger partial charge is 0.422 e. The van der Waals surface area contributed by atoms with Crippen molar-refractivity contribution in [1.29, 1.82) is 0 Å². The van der Waals surface area contributed by atoms with Gasteiger partial charge in [-0.2, -0.15) is 13.2 Å². The topological polar surface area (TPSA) is 90.7 Å². The van der Waals surface area contributed by atoms with Gasteiger partial charge in [-0.25, -0.2) is 0 Å². The van der Waals surface area contributed by atoms with Crippen molar-refractivity contribution >= 4 is 11.6 Å². The number of nitrogens with zero attached hydrogens (tertiary/aromatic N) is 1. The monoisotopic (exact) mass is 384 g/mol. The number of non-ortho nitro benzene ring substituents is 1. The van der Waals surface area contributed by atoms with Crippen molar-refractivity contribution in [3.63, 3.8) is 0 Å². The third kappa shape index (κ3) is 5.87. The summed E-state index contributed by atoms with van der Waals surface area (Å²) in [6.07, 6.45) is -4.43. The van der Waals surface area contributed by atoms with Crippen molar-refractivity contribution < 1.29 is 32.4 Å². The molecule has 1 amide bonds. The molecule has 0 aliphatic rings. The summed E-state index contributed by atoms with van der Waals surface area (Å²) < 4.78 is 45.9. The molecule has 144 valence electrons. The van der Waals surface area contributed by atoms with Gasteiger partial charge in [0, 0.05) is 18.7 Å². The Bertz CT molecular complexity index is 822. The van der Waals surface area contributed by atoms with Crippen molar-refractivity contribution in [2.75, 3.05) is 13.7 Å². The van der Waals surface area contributed by atoms with Gasteiger partial charge >= 0.3 is 6.18 Å². The number of amides is 1. The van der Waals surface area contributed by atoms with E-state index in [9.17, 15) is 28.1 Å². The van der Waals surface area contributed by atoms with Crippen molar-refractivity contribution in [3.05, 3.63) is 63.7 Å². The van der Waals surface area contributed by atoms with E-state index in [0.29, 0.717) is 5.56 Å². The first-order chi connectivity index (χ1) is 12.7. The highest BCUT2D eigenvalue weighted by molar-refractivity contribution is 5.97. The van der Waals surface area contributed by atoms with E-state index in [4.69, 9.17) is 4.74 Å². The van der Waals surface area contributed by atoms with Gasteiger partial charge in [-0.1, -0.05) is 12.1 Å². The van der Waals surface area contributed by atoms with Crippen LogP contribution >= 0.6 is 0 Å². The number of carbonyl (C=O) groups excluding carboxylic acids is 1. The second kappa shape index (κ2) is 8.39. The van der Waals surface area contributed by atoms with Gasteiger partial charge in [0.15, 0.2) is 6.61 Å². The molecule has 27 heavy (non-hydrogen) atoms. The van der Waals surface area contributed by atoms with Crippen LogP contribution in [-0.4, -0.2) is 30.7 Å². The molecule has 0 saturated carbocycles. The Morgan fingerprint density at radius 2 is 1.85 bits per heavy atom. The third-order valence-corrected chi connectivity index (χ3v) is 3.42. The maximum Gasteiger partial charge on any atom is 0.422 e. The predicted molar refractivity (Wildman–Crippen MR) is 88.8 cm³/mol. The number of alkyl halides is 3. The highest BCUT2D eigenvalue weighted by Gasteiger charge is 2.28. The molecule has 0 fully saturated rings. The summed E-state index contributed by atoms with van der Waals surface area (Å²) in [6, 6.07) is 9.33. The van der Waals surface area contributed by atoms with Crippen molar-refractivity contribution in [2.45, 2.75) is 12.7 Å². The standard InChI is InChI=1S/C17H15F3N2O5/c1-26-15-7-4-12(22(24)25)8-14(15)16(23)21-9-11-2-5-13(6-3-11)27-10-17(18,19)20/h2-8H,9-10H2,1H3,(H,21,23). The van der Waals surface area contributed by atoms with Crippen molar-refractivity contribution in [1.82, 2.24) is 5.32 Å². The number of halogens is 3. The van der Waals surface area contributed by atoms with Gasteiger partial charge in [0.05, 0.1) is 17.6 Å². The molecule has 10 heteroatoms. The minimum atomic E-state index is -4.43. The molecule has 1 N–H and O–H groups in total. The van der Waals surface area contributed by atoms with Gasteiger partial charge in [-0.05, 0) is 23.8 Å². The summed E-state index contributed by atoms with van der Waals surface area (Å²) in [6.45, 7) is -1.33. The van der Waals surface area contributed by atoms with Crippen LogP contribution < -0.4 is 14.8 Å². The lowest BCUT2D eigenvalue weighted by molar-refractivity contribution is -0.384. The quantitative estimate of drug-likeness (QED) is 0.583. The Balaban J connectivity index is 2.01. The SMILES string of the molecule is COc1ccc([N+](=O)[O-])cc1C(=O)NCc1ccc(OCC(F)(F)F)cc1. The maximum atomic E-state index is 12.3. The Kier molecular flexibility index (Phi) is 6.22. The van der Waals surface area contributed by atoms with E-state index in [-0.39, 0.29) is 29.3 Å². The van der Waals surface area contributed by atoms with Crippen LogP contribution in [0.4, 0.5) is 18.9 Å². The van der Waals surface area contributed by atoms with Crippen LogP contribution in [0.5, 0.6) is 11.5 Å². The average molecular weight is 384 g/mol. The zero-order valence-corrected chi connectivity index (χ0v) is 14.1. The van der Waals surface area contributed by atoms with E-state index in [1.54, 1.807) is 0 Å². The summed E-state index contributed by atoms with van der Waals surface area (Å²) in [5, 5.41) is 13.4. The molecule has 2 aromatic carbocycles. The average Bonchev–Trinajstić information content (AvgIpc) is 2.64. The fraction of sp³-hybridized carbons (Fsp3) is 0.235. The summed E-state index contributed by atoms with van der Waals surface area (Å²) in [7, 11) is 1.33. The first-order valence-corrected chi connectivity index (χ1v) is 7.59. The number of benzene rings is 2. The number of methoxy groups -OCH3 is 1. The lowest BCUT2D eigenvalue weighted by Gasteiger charge is -2.11. The molecule has 7 nitrogen and oxygen atoms in total. The summed E-state index contributed by atoms with van der Waals surface area (Å²) >= 11 is 0. The van der Waals surface area contributed by atoms with Crippen LogP contribution in [0.3, 0.4) is 0 Å². The minimum Gasteiger partial charge on any atom is -0.496 e. The van der Waals surface area contributed by atoms with Gasteiger partial charge in [0.1, 0.15) is 11.5 Å². The fourth-order valence-electron chi connectivity index (χ4n) is 2.13. The second-order valence-corrected chi connectivity index (χ2v) is 5.37. The minimum absolute atomic E-state index is 0.00293. The molecule has 0 heterocycles. The molecule has 0 bridgehead atoms. The lowest BCUT2D eigenvalue weighted by Crippen LogP contribution is -2.23. The number of carbonyl (C=O) groups is 1. The summed E-state index contributed by atoms with van der Waals surface area (Å²) in [4.78, 5) is 22.5. The zero-order valence-electron chi connectivity index (χ0n) is 14.1. The Morgan fingerprint density at radius 1 is 1.19 bits per heavy atom. The maximum absolute atomic E-state index is 12.3. The van der Waals surface area contributed by atoms with Crippen LogP contribution in [0, 0.1) is 10.1 Å². The Hall–Kier alpha value is -3.30. The van der Waals surface area contributed by atoms with Crippen LogP contribution in [-0.2, 0) is 6.54 Å². The zero-order chi connectivity index (χ0) is 20.0. The number of ether oxygens (including phenoxy) is 2. The van der Waals surface area contributed by atoms with Crippen LogP contribution in [0.25, 0.3) is 0 Å². The molecule has 0 saturated heterocycles.